The topological polar surface area (TPSA) is 64.4 Å². The maximum atomic E-state index is 10.7. The Hall–Kier alpha value is -2.18. The van der Waals surface area contributed by atoms with Gasteiger partial charge in [0.15, 0.2) is 0 Å². The van der Waals surface area contributed by atoms with Crippen molar-refractivity contribution in [1.29, 1.82) is 0 Å². The second-order valence-corrected chi connectivity index (χ2v) is 4.89. The van der Waals surface area contributed by atoms with E-state index in [9.17, 15) is 10.1 Å². The molecule has 0 aliphatic heterocycles. The van der Waals surface area contributed by atoms with Crippen LogP contribution in [0.5, 0.6) is 5.75 Å². The fraction of sp³-hybridized carbons (Fsp3) is 0.0714. The first kappa shape index (κ1) is 15.2. The molecule has 0 fully saturated rings. The highest BCUT2D eigenvalue weighted by Crippen LogP contribution is 2.27. The van der Waals surface area contributed by atoms with Crippen LogP contribution < -0.4 is 10.1 Å². The normalized spacial score (nSPS) is 10.0. The van der Waals surface area contributed by atoms with Gasteiger partial charge >= 0.3 is 0 Å². The molecule has 2 rings (SSSR count). The van der Waals surface area contributed by atoms with Crippen LogP contribution in [0.25, 0.3) is 0 Å². The molecule has 0 saturated carbocycles. The van der Waals surface area contributed by atoms with Gasteiger partial charge < -0.3 is 10.1 Å². The van der Waals surface area contributed by atoms with E-state index in [0.717, 1.165) is 0 Å². The largest absolute Gasteiger partial charge is 0.495 e. The van der Waals surface area contributed by atoms with Gasteiger partial charge in [-0.25, -0.2) is 0 Å². The van der Waals surface area contributed by atoms with E-state index in [1.807, 2.05) is 18.2 Å². The van der Waals surface area contributed by atoms with Crippen molar-refractivity contribution < 1.29 is 9.66 Å². The summed E-state index contributed by atoms with van der Waals surface area (Å²) in [5, 5.41) is 13.9. The number of nitrogens with zero attached hydrogens (tertiary/aromatic N) is 1. The molecular formula is C14H11ClN2O3S. The summed E-state index contributed by atoms with van der Waals surface area (Å²) in [4.78, 5) is 10.5. The van der Waals surface area contributed by atoms with E-state index in [1.165, 1.54) is 18.2 Å². The number of halogens is 1. The number of para-hydroxylation sites is 2. The van der Waals surface area contributed by atoms with Crippen LogP contribution >= 0.6 is 23.8 Å². The van der Waals surface area contributed by atoms with Crippen molar-refractivity contribution in [3.05, 3.63) is 63.2 Å². The molecule has 0 unspecified atom stereocenters. The molecule has 0 atom stereocenters. The average Bonchev–Trinajstić information content (AvgIpc) is 2.47. The van der Waals surface area contributed by atoms with E-state index >= 15 is 0 Å². The van der Waals surface area contributed by atoms with Gasteiger partial charge in [0.2, 0.25) is 0 Å². The third-order valence-corrected chi connectivity index (χ3v) is 3.40. The third kappa shape index (κ3) is 3.48. The van der Waals surface area contributed by atoms with Crippen LogP contribution in [-0.2, 0) is 0 Å². The Morgan fingerprint density at radius 3 is 2.67 bits per heavy atom. The second-order valence-electron chi connectivity index (χ2n) is 4.08. The lowest BCUT2D eigenvalue weighted by atomic mass is 10.2. The Morgan fingerprint density at radius 2 is 2.05 bits per heavy atom. The Balaban J connectivity index is 2.26. The first-order chi connectivity index (χ1) is 10.0. The minimum Gasteiger partial charge on any atom is -0.495 e. The van der Waals surface area contributed by atoms with E-state index in [4.69, 9.17) is 28.6 Å². The first-order valence-corrected chi connectivity index (χ1v) is 6.70. The van der Waals surface area contributed by atoms with Crippen LogP contribution in [0.3, 0.4) is 0 Å². The molecule has 0 spiro atoms. The molecule has 7 heteroatoms. The number of ether oxygens (including phenoxy) is 1. The van der Waals surface area contributed by atoms with Crippen molar-refractivity contribution in [3.8, 4) is 5.75 Å². The number of nitro groups is 1. The number of nitro benzene ring substituents is 1. The number of nitrogens with one attached hydrogen (secondary N) is 1. The van der Waals surface area contributed by atoms with Crippen LogP contribution in [0.1, 0.15) is 5.56 Å². The monoisotopic (exact) mass is 322 g/mol. The Kier molecular flexibility index (Phi) is 4.72. The summed E-state index contributed by atoms with van der Waals surface area (Å²) < 4.78 is 5.22. The number of hydrogen-bond donors (Lipinski definition) is 1. The smallest absolute Gasteiger partial charge is 0.270 e. The molecule has 0 aliphatic carbocycles. The zero-order valence-electron chi connectivity index (χ0n) is 11.0. The molecule has 0 aliphatic rings. The minimum atomic E-state index is -0.508. The van der Waals surface area contributed by atoms with E-state index in [1.54, 1.807) is 13.2 Å². The molecule has 0 heterocycles. The molecular weight excluding hydrogens is 312 g/mol. The molecule has 0 radical (unpaired) electrons. The van der Waals surface area contributed by atoms with E-state index in [0.29, 0.717) is 22.0 Å². The number of anilines is 1. The summed E-state index contributed by atoms with van der Waals surface area (Å²) in [7, 11) is 1.56. The highest BCUT2D eigenvalue weighted by atomic mass is 35.5. The van der Waals surface area contributed by atoms with Crippen LogP contribution in [0.15, 0.2) is 42.5 Å². The van der Waals surface area contributed by atoms with E-state index in [2.05, 4.69) is 5.32 Å². The van der Waals surface area contributed by atoms with Crippen molar-refractivity contribution in [1.82, 2.24) is 0 Å². The highest BCUT2D eigenvalue weighted by Gasteiger charge is 2.13. The summed E-state index contributed by atoms with van der Waals surface area (Å²) in [6, 6.07) is 11.4. The van der Waals surface area contributed by atoms with E-state index in [-0.39, 0.29) is 10.7 Å². The first-order valence-electron chi connectivity index (χ1n) is 5.91. The van der Waals surface area contributed by atoms with Gasteiger partial charge in [-0.05, 0) is 18.2 Å². The molecule has 0 aromatic heterocycles. The van der Waals surface area contributed by atoms with Crippen molar-refractivity contribution >= 4 is 40.2 Å². The van der Waals surface area contributed by atoms with Gasteiger partial charge in [-0.15, -0.1) is 0 Å². The van der Waals surface area contributed by atoms with Crippen molar-refractivity contribution in [2.45, 2.75) is 0 Å². The lowest BCUT2D eigenvalue weighted by Gasteiger charge is -2.12. The summed E-state index contributed by atoms with van der Waals surface area (Å²) in [5.41, 5.74) is 1.13. The number of non-ortho nitro benzene ring substituents is 1. The van der Waals surface area contributed by atoms with Crippen molar-refractivity contribution in [3.63, 3.8) is 0 Å². The summed E-state index contributed by atoms with van der Waals surface area (Å²) in [6.45, 7) is 0. The van der Waals surface area contributed by atoms with Gasteiger partial charge in [-0.1, -0.05) is 36.0 Å². The molecule has 0 amide bonds. The van der Waals surface area contributed by atoms with Crippen LogP contribution in [0.4, 0.5) is 11.4 Å². The van der Waals surface area contributed by atoms with Crippen LogP contribution in [0.2, 0.25) is 5.02 Å². The molecule has 5 nitrogen and oxygen atoms in total. The van der Waals surface area contributed by atoms with Gasteiger partial charge in [0.05, 0.1) is 22.7 Å². The number of rotatable bonds is 4. The SMILES string of the molecule is COc1ccccc1NC(=S)c1ccc([N+](=O)[O-])cc1Cl. The van der Waals surface area contributed by atoms with Gasteiger partial charge in [-0.2, -0.15) is 0 Å². The van der Waals surface area contributed by atoms with Crippen LogP contribution in [0, 0.1) is 10.1 Å². The standard InChI is InChI=1S/C14H11ClN2O3S/c1-20-13-5-3-2-4-12(13)16-14(21)10-7-6-9(17(18)19)8-11(10)15/h2-8H,1H3,(H,16,21). The molecule has 2 aromatic rings. The van der Waals surface area contributed by atoms with E-state index < -0.39 is 4.92 Å². The summed E-state index contributed by atoms with van der Waals surface area (Å²) >= 11 is 11.3. The van der Waals surface area contributed by atoms with Crippen molar-refractivity contribution in [2.24, 2.45) is 0 Å². The number of benzene rings is 2. The van der Waals surface area contributed by atoms with Gasteiger partial charge in [0.1, 0.15) is 10.7 Å². The molecule has 0 bridgehead atoms. The quantitative estimate of drug-likeness (QED) is 0.523. The summed E-state index contributed by atoms with van der Waals surface area (Å²) in [5.74, 6) is 0.637. The minimum absolute atomic E-state index is 0.0798. The third-order valence-electron chi connectivity index (χ3n) is 2.76. The van der Waals surface area contributed by atoms with Gasteiger partial charge in [0, 0.05) is 17.7 Å². The predicted octanol–water partition coefficient (Wildman–Crippen LogP) is 4.04. The van der Waals surface area contributed by atoms with Crippen LogP contribution in [-0.4, -0.2) is 17.0 Å². The van der Waals surface area contributed by atoms with Crippen molar-refractivity contribution in [2.75, 3.05) is 12.4 Å². The number of hydrogen-bond acceptors (Lipinski definition) is 4. The summed E-state index contributed by atoms with van der Waals surface area (Å²) in [6.07, 6.45) is 0. The lowest BCUT2D eigenvalue weighted by molar-refractivity contribution is -0.384. The second kappa shape index (κ2) is 6.51. The maximum absolute atomic E-state index is 10.7. The average molecular weight is 323 g/mol. The molecule has 2 aromatic carbocycles. The van der Waals surface area contributed by atoms with Gasteiger partial charge in [-0.3, -0.25) is 10.1 Å². The zero-order chi connectivity index (χ0) is 15.4. The molecule has 108 valence electrons. The Morgan fingerprint density at radius 1 is 1.33 bits per heavy atom. The Bertz CT molecular complexity index is 706. The number of thiocarbonyl (C=S) groups is 1. The fourth-order valence-electron chi connectivity index (χ4n) is 1.74. The lowest BCUT2D eigenvalue weighted by Crippen LogP contribution is -2.12. The Labute approximate surface area is 131 Å². The number of methoxy groups -OCH3 is 1. The zero-order valence-corrected chi connectivity index (χ0v) is 12.6. The molecule has 21 heavy (non-hydrogen) atoms. The molecule has 1 N–H and O–H groups in total. The molecule has 0 saturated heterocycles. The predicted molar refractivity (Wildman–Crippen MR) is 86.4 cm³/mol. The fourth-order valence-corrected chi connectivity index (χ4v) is 2.35. The maximum Gasteiger partial charge on any atom is 0.270 e. The van der Waals surface area contributed by atoms with Gasteiger partial charge in [0.25, 0.3) is 5.69 Å². The highest BCUT2D eigenvalue weighted by molar-refractivity contribution is 7.81.